The highest BCUT2D eigenvalue weighted by Crippen LogP contribution is 2.36. The lowest BCUT2D eigenvalue weighted by atomic mass is 9.88. The van der Waals surface area contributed by atoms with Crippen molar-refractivity contribution in [2.24, 2.45) is 0 Å². The number of benzene rings is 1. The molecular weight excluding hydrogens is 278 g/mol. The normalized spacial score (nSPS) is 13.3. The summed E-state index contributed by atoms with van der Waals surface area (Å²) >= 11 is 0. The van der Waals surface area contributed by atoms with Crippen LogP contribution >= 0.6 is 0 Å². The molecule has 0 unspecified atom stereocenters. The molecule has 0 fully saturated rings. The van der Waals surface area contributed by atoms with E-state index in [1.807, 2.05) is 0 Å². The van der Waals surface area contributed by atoms with E-state index in [9.17, 15) is 15.0 Å². The van der Waals surface area contributed by atoms with Crippen LogP contribution in [0.5, 0.6) is 5.75 Å². The molecule has 1 aromatic carbocycles. The molecule has 3 N–H and O–H groups in total. The first-order valence-corrected chi connectivity index (χ1v) is 8.07. The monoisotopic (exact) mass is 305 g/mol. The van der Waals surface area contributed by atoms with Crippen LogP contribution in [0.15, 0.2) is 24.0 Å². The van der Waals surface area contributed by atoms with Gasteiger partial charge in [0.1, 0.15) is 11.5 Å². The summed E-state index contributed by atoms with van der Waals surface area (Å²) in [4.78, 5) is 11.3. The number of rotatable bonds is 6. The van der Waals surface area contributed by atoms with Gasteiger partial charge in [0.05, 0.1) is 12.0 Å². The molecule has 2 rings (SSSR count). The summed E-state index contributed by atoms with van der Waals surface area (Å²) in [6.45, 7) is 7.32. The molecule has 0 atom stereocenters. The zero-order valence-corrected chi connectivity index (χ0v) is 13.8. The minimum absolute atomic E-state index is 0.0195. The Kier molecular flexibility index (Phi) is 7.50. The number of phenols is 1. The number of hydrogen-bond donors (Lipinski definition) is 3. The fourth-order valence-electron chi connectivity index (χ4n) is 1.95. The summed E-state index contributed by atoms with van der Waals surface area (Å²) in [5.74, 6) is -0.0532. The number of carbonyl (C=O) groups is 1. The zero-order chi connectivity index (χ0) is 16.5. The number of ketones is 1. The van der Waals surface area contributed by atoms with Gasteiger partial charge in [-0.05, 0) is 18.6 Å². The summed E-state index contributed by atoms with van der Waals surface area (Å²) in [6, 6.07) is 5.04. The van der Waals surface area contributed by atoms with Crippen LogP contribution in [0.1, 0.15) is 58.4 Å². The van der Waals surface area contributed by atoms with Crippen molar-refractivity contribution in [1.29, 1.82) is 0 Å². The van der Waals surface area contributed by atoms with Crippen molar-refractivity contribution < 1.29 is 15.0 Å². The third kappa shape index (κ3) is 4.79. The number of anilines is 1. The molecule has 4 heteroatoms. The second kappa shape index (κ2) is 9.13. The molecule has 0 saturated carbocycles. The summed E-state index contributed by atoms with van der Waals surface area (Å²) in [5.41, 5.74) is 1.47. The Morgan fingerprint density at radius 3 is 2.23 bits per heavy atom. The molecule has 4 nitrogen and oxygen atoms in total. The second-order valence-electron chi connectivity index (χ2n) is 5.43. The average Bonchev–Trinajstić information content (AvgIpc) is 2.50. The van der Waals surface area contributed by atoms with Crippen LogP contribution in [0.25, 0.3) is 5.57 Å². The standard InChI is InChI=1S/C14H17NO3.C4H10/c1-2-3-6-15-9-4-5-10(11(16)7-9)14-12(17)8-13(14)18;1-3-4-2/h4-5,7,15-17H,2-3,6,8H2,1H3;3-4H2,1-2H3. The fourth-order valence-corrected chi connectivity index (χ4v) is 1.95. The number of aliphatic hydroxyl groups is 1. The Labute approximate surface area is 132 Å². The van der Waals surface area contributed by atoms with Gasteiger partial charge in [0, 0.05) is 23.9 Å². The molecule has 1 aromatic rings. The first kappa shape index (κ1) is 18.1. The van der Waals surface area contributed by atoms with Crippen LogP contribution in [0.2, 0.25) is 0 Å². The van der Waals surface area contributed by atoms with Crippen molar-refractivity contribution in [2.45, 2.75) is 52.9 Å². The van der Waals surface area contributed by atoms with E-state index in [0.29, 0.717) is 5.56 Å². The van der Waals surface area contributed by atoms with Gasteiger partial charge in [0.25, 0.3) is 0 Å². The molecule has 0 heterocycles. The quantitative estimate of drug-likeness (QED) is 0.669. The molecule has 0 aliphatic heterocycles. The summed E-state index contributed by atoms with van der Waals surface area (Å²) < 4.78 is 0. The van der Waals surface area contributed by atoms with Gasteiger partial charge in [-0.15, -0.1) is 0 Å². The van der Waals surface area contributed by atoms with Gasteiger partial charge in [0.15, 0.2) is 5.78 Å². The smallest absolute Gasteiger partial charge is 0.174 e. The molecule has 0 bridgehead atoms. The van der Waals surface area contributed by atoms with Crippen LogP contribution in [0, 0.1) is 0 Å². The maximum atomic E-state index is 11.3. The first-order valence-electron chi connectivity index (χ1n) is 8.07. The Bertz CT molecular complexity index is 533. The molecule has 0 saturated heterocycles. The number of phenolic OH excluding ortho intramolecular Hbond substituents is 1. The first-order chi connectivity index (χ1) is 10.5. The van der Waals surface area contributed by atoms with E-state index in [0.717, 1.165) is 25.1 Å². The van der Waals surface area contributed by atoms with Crippen LogP contribution in [0.3, 0.4) is 0 Å². The Morgan fingerprint density at radius 2 is 1.77 bits per heavy atom. The molecule has 0 spiro atoms. The van der Waals surface area contributed by atoms with Gasteiger partial charge in [-0.3, -0.25) is 4.79 Å². The lowest BCUT2D eigenvalue weighted by Gasteiger charge is -2.19. The minimum atomic E-state index is -0.130. The number of nitrogens with one attached hydrogen (secondary N) is 1. The van der Waals surface area contributed by atoms with Crippen molar-refractivity contribution in [2.75, 3.05) is 11.9 Å². The van der Waals surface area contributed by atoms with Crippen molar-refractivity contribution in [3.8, 4) is 5.75 Å². The van der Waals surface area contributed by atoms with E-state index in [-0.39, 0.29) is 29.3 Å². The fraction of sp³-hybridized carbons (Fsp3) is 0.500. The molecule has 0 radical (unpaired) electrons. The predicted octanol–water partition coefficient (Wildman–Crippen LogP) is 4.65. The number of allylic oxidation sites excluding steroid dienone is 2. The summed E-state index contributed by atoms with van der Waals surface area (Å²) in [7, 11) is 0. The van der Waals surface area contributed by atoms with E-state index in [1.165, 1.54) is 12.8 Å². The Balaban J connectivity index is 0.000000541. The zero-order valence-electron chi connectivity index (χ0n) is 13.8. The van der Waals surface area contributed by atoms with Gasteiger partial charge < -0.3 is 15.5 Å². The third-order valence-corrected chi connectivity index (χ3v) is 3.52. The average molecular weight is 305 g/mol. The van der Waals surface area contributed by atoms with E-state index >= 15 is 0 Å². The van der Waals surface area contributed by atoms with Crippen molar-refractivity contribution in [3.63, 3.8) is 0 Å². The number of aliphatic hydroxyl groups excluding tert-OH is 1. The van der Waals surface area contributed by atoms with Gasteiger partial charge in [-0.2, -0.15) is 0 Å². The van der Waals surface area contributed by atoms with Crippen molar-refractivity contribution >= 4 is 17.0 Å². The maximum absolute atomic E-state index is 11.3. The van der Waals surface area contributed by atoms with Gasteiger partial charge >= 0.3 is 0 Å². The Hall–Kier alpha value is -1.97. The van der Waals surface area contributed by atoms with Crippen LogP contribution < -0.4 is 5.32 Å². The molecule has 122 valence electrons. The molecule has 22 heavy (non-hydrogen) atoms. The van der Waals surface area contributed by atoms with E-state index < -0.39 is 0 Å². The molecule has 0 amide bonds. The summed E-state index contributed by atoms with van der Waals surface area (Å²) in [5, 5.41) is 22.5. The highest BCUT2D eigenvalue weighted by Gasteiger charge is 2.29. The molecular formula is C18H27NO3. The van der Waals surface area contributed by atoms with E-state index in [2.05, 4.69) is 26.1 Å². The molecule has 1 aliphatic rings. The van der Waals surface area contributed by atoms with E-state index in [1.54, 1.807) is 18.2 Å². The summed E-state index contributed by atoms with van der Waals surface area (Å²) in [6.07, 6.45) is 4.88. The van der Waals surface area contributed by atoms with E-state index in [4.69, 9.17) is 0 Å². The predicted molar refractivity (Wildman–Crippen MR) is 91.3 cm³/mol. The van der Waals surface area contributed by atoms with Crippen LogP contribution in [-0.4, -0.2) is 22.5 Å². The minimum Gasteiger partial charge on any atom is -0.511 e. The van der Waals surface area contributed by atoms with Gasteiger partial charge in [-0.25, -0.2) is 0 Å². The van der Waals surface area contributed by atoms with Gasteiger partial charge in [-0.1, -0.05) is 40.0 Å². The lowest BCUT2D eigenvalue weighted by Crippen LogP contribution is -2.16. The number of carbonyl (C=O) groups excluding carboxylic acids is 1. The number of hydrogen-bond acceptors (Lipinski definition) is 4. The largest absolute Gasteiger partial charge is 0.511 e. The second-order valence-corrected chi connectivity index (χ2v) is 5.43. The third-order valence-electron chi connectivity index (χ3n) is 3.52. The number of Topliss-reactive ketones (excluding diaryl/α,β-unsaturated/α-hetero) is 1. The SMILES string of the molecule is CCCC.CCCCNc1ccc(C2=C(O)CC2=O)c(O)c1. The lowest BCUT2D eigenvalue weighted by molar-refractivity contribution is -0.115. The van der Waals surface area contributed by atoms with Crippen LogP contribution in [0.4, 0.5) is 5.69 Å². The highest BCUT2D eigenvalue weighted by atomic mass is 16.3. The maximum Gasteiger partial charge on any atom is 0.174 e. The van der Waals surface area contributed by atoms with Crippen molar-refractivity contribution in [3.05, 3.63) is 29.5 Å². The highest BCUT2D eigenvalue weighted by molar-refractivity contribution is 6.28. The molecule has 0 aromatic heterocycles. The van der Waals surface area contributed by atoms with Crippen LogP contribution in [-0.2, 0) is 4.79 Å². The molecule has 1 aliphatic carbocycles. The van der Waals surface area contributed by atoms with Crippen molar-refractivity contribution in [1.82, 2.24) is 0 Å². The number of unbranched alkanes of at least 4 members (excludes halogenated alkanes) is 2. The Morgan fingerprint density at radius 1 is 1.09 bits per heavy atom. The number of aromatic hydroxyl groups is 1. The van der Waals surface area contributed by atoms with Gasteiger partial charge in [0.2, 0.25) is 0 Å². The topological polar surface area (TPSA) is 69.6 Å².